The third kappa shape index (κ3) is 4.52. The summed E-state index contributed by atoms with van der Waals surface area (Å²) in [5.41, 5.74) is 2.47. The normalized spacial score (nSPS) is 17.1. The molecule has 0 fully saturated rings. The Hall–Kier alpha value is -2.52. The molecule has 1 aliphatic rings. The molecular weight excluding hydrogens is 334 g/mol. The summed E-state index contributed by atoms with van der Waals surface area (Å²) in [6, 6.07) is 7.89. The monoisotopic (exact) mass is 355 g/mol. The molecule has 0 N–H and O–H groups in total. The van der Waals surface area contributed by atoms with Gasteiger partial charge in [0.15, 0.2) is 0 Å². The third-order valence-electron chi connectivity index (χ3n) is 4.15. The van der Waals surface area contributed by atoms with Crippen molar-refractivity contribution in [3.63, 3.8) is 0 Å². The Kier molecular flexibility index (Phi) is 6.84. The van der Waals surface area contributed by atoms with Crippen molar-refractivity contribution in [2.24, 2.45) is 4.99 Å². The number of aliphatic imine (C=N–C) groups is 1. The summed E-state index contributed by atoms with van der Waals surface area (Å²) in [6.07, 6.45) is 4.01. The number of ether oxygens (including phenoxy) is 1. The van der Waals surface area contributed by atoms with Crippen molar-refractivity contribution in [1.82, 2.24) is 4.90 Å². The second-order valence-electron chi connectivity index (χ2n) is 5.52. The Morgan fingerprint density at radius 1 is 1.60 bits per heavy atom. The molecule has 1 aliphatic heterocycles. The molecule has 0 radical (unpaired) electrons. The van der Waals surface area contributed by atoms with Crippen LogP contribution in [0.1, 0.15) is 24.1 Å². The number of nitriles is 1. The van der Waals surface area contributed by atoms with Crippen LogP contribution < -0.4 is 4.74 Å². The lowest BCUT2D eigenvalue weighted by Gasteiger charge is -2.35. The van der Waals surface area contributed by atoms with Gasteiger partial charge >= 0.3 is 0 Å². The van der Waals surface area contributed by atoms with Crippen molar-refractivity contribution >= 4 is 24.4 Å². The molecule has 1 heterocycles. The molecule has 0 aromatic heterocycles. The van der Waals surface area contributed by atoms with Gasteiger partial charge < -0.3 is 9.64 Å². The fourth-order valence-corrected chi connectivity index (χ4v) is 3.35. The topological polar surface area (TPSA) is 65.7 Å². The van der Waals surface area contributed by atoms with Crippen LogP contribution in [0.5, 0.6) is 5.75 Å². The third-order valence-corrected chi connectivity index (χ3v) is 4.82. The van der Waals surface area contributed by atoms with Gasteiger partial charge in [-0.25, -0.2) is 0 Å². The van der Waals surface area contributed by atoms with E-state index in [0.717, 1.165) is 17.7 Å². The van der Waals surface area contributed by atoms with Gasteiger partial charge in [-0.3, -0.25) is 9.79 Å². The van der Waals surface area contributed by atoms with Gasteiger partial charge in [0.1, 0.15) is 17.4 Å². The number of hydrogen-bond donors (Lipinski definition) is 0. The lowest BCUT2D eigenvalue weighted by Crippen LogP contribution is -2.39. The molecule has 0 aliphatic carbocycles. The van der Waals surface area contributed by atoms with E-state index in [0.29, 0.717) is 12.3 Å². The van der Waals surface area contributed by atoms with Gasteiger partial charge in [0.2, 0.25) is 0 Å². The molecule has 130 valence electrons. The van der Waals surface area contributed by atoms with Crippen LogP contribution in [0.4, 0.5) is 0 Å². The number of amides is 1. The van der Waals surface area contributed by atoms with Crippen molar-refractivity contribution in [2.45, 2.75) is 19.4 Å². The van der Waals surface area contributed by atoms with E-state index >= 15 is 0 Å². The van der Waals surface area contributed by atoms with Crippen LogP contribution in [-0.4, -0.2) is 36.9 Å². The molecular formula is C19H21N3O2S. The summed E-state index contributed by atoms with van der Waals surface area (Å²) in [6.45, 7) is 5.94. The minimum absolute atomic E-state index is 0.0967. The van der Waals surface area contributed by atoms with E-state index in [1.807, 2.05) is 31.2 Å². The summed E-state index contributed by atoms with van der Waals surface area (Å²) in [7, 11) is 1.63. The van der Waals surface area contributed by atoms with Crippen molar-refractivity contribution in [3.8, 4) is 11.8 Å². The molecule has 25 heavy (non-hydrogen) atoms. The lowest BCUT2D eigenvalue weighted by molar-refractivity contribution is -0.129. The average Bonchev–Trinajstić information content (AvgIpc) is 2.64. The Morgan fingerprint density at radius 3 is 3.08 bits per heavy atom. The second kappa shape index (κ2) is 9.09. The number of carbonyl (C=O) groups is 1. The minimum Gasteiger partial charge on any atom is -0.497 e. The molecule has 1 atom stereocenters. The maximum atomic E-state index is 12.8. The van der Waals surface area contributed by atoms with Crippen LogP contribution >= 0.6 is 11.8 Å². The predicted octanol–water partition coefficient (Wildman–Crippen LogP) is 3.50. The Morgan fingerprint density at radius 2 is 2.40 bits per heavy atom. The van der Waals surface area contributed by atoms with Gasteiger partial charge in [-0.15, -0.1) is 11.8 Å². The van der Waals surface area contributed by atoms with E-state index in [9.17, 15) is 10.1 Å². The first-order chi connectivity index (χ1) is 12.1. The highest BCUT2D eigenvalue weighted by molar-refractivity contribution is 8.02. The number of nitrogens with zero attached hydrogens (tertiary/aromatic N) is 3. The first-order valence-corrected chi connectivity index (χ1v) is 8.97. The van der Waals surface area contributed by atoms with Gasteiger partial charge in [0.05, 0.1) is 13.2 Å². The van der Waals surface area contributed by atoms with E-state index in [1.54, 1.807) is 29.7 Å². The maximum absolute atomic E-state index is 12.8. The van der Waals surface area contributed by atoms with Crippen LogP contribution in [0.3, 0.4) is 0 Å². The smallest absolute Gasteiger partial charge is 0.264 e. The Bertz CT molecular complexity index is 750. The summed E-state index contributed by atoms with van der Waals surface area (Å²) in [4.78, 5) is 18.1. The average molecular weight is 355 g/mol. The highest BCUT2D eigenvalue weighted by Crippen LogP contribution is 2.32. The zero-order chi connectivity index (χ0) is 18.2. The number of thioether (sulfide) groups is 1. The summed E-state index contributed by atoms with van der Waals surface area (Å²) in [5.74, 6) is 1.08. The highest BCUT2D eigenvalue weighted by atomic mass is 32.2. The second-order valence-corrected chi connectivity index (χ2v) is 6.46. The summed E-state index contributed by atoms with van der Waals surface area (Å²) < 4.78 is 5.29. The lowest BCUT2D eigenvalue weighted by atomic mass is 9.92. The quantitative estimate of drug-likeness (QED) is 0.339. The number of rotatable bonds is 6. The number of carbonyl (C=O) groups excluding carboxylic acids is 1. The van der Waals surface area contributed by atoms with Crippen LogP contribution in [0.2, 0.25) is 0 Å². The van der Waals surface area contributed by atoms with Crippen LogP contribution in [0, 0.1) is 11.3 Å². The Balaban J connectivity index is 2.15. The van der Waals surface area contributed by atoms with E-state index < -0.39 is 0 Å². The first-order valence-electron chi connectivity index (χ1n) is 7.92. The van der Waals surface area contributed by atoms with E-state index in [1.165, 1.54) is 17.3 Å². The molecule has 0 spiro atoms. The fraction of sp³-hybridized carbons (Fsp3) is 0.316. The summed E-state index contributed by atoms with van der Waals surface area (Å²) >= 11 is 1.45. The highest BCUT2D eigenvalue weighted by Gasteiger charge is 2.29. The molecule has 0 saturated heterocycles. The van der Waals surface area contributed by atoms with Crippen molar-refractivity contribution in [2.75, 3.05) is 19.4 Å². The van der Waals surface area contributed by atoms with Gasteiger partial charge in [-0.1, -0.05) is 12.1 Å². The van der Waals surface area contributed by atoms with Crippen molar-refractivity contribution in [3.05, 3.63) is 52.6 Å². The predicted molar refractivity (Wildman–Crippen MR) is 102 cm³/mol. The number of methoxy groups -OCH3 is 1. The molecule has 6 heteroatoms. The van der Waals surface area contributed by atoms with Crippen LogP contribution in [0.25, 0.3) is 0 Å². The number of benzene rings is 1. The first kappa shape index (κ1) is 18.8. The fourth-order valence-electron chi connectivity index (χ4n) is 2.80. The zero-order valence-corrected chi connectivity index (χ0v) is 15.3. The number of fused-ring (bicyclic) bond motifs is 1. The van der Waals surface area contributed by atoms with Gasteiger partial charge in [-0.05, 0) is 48.7 Å². The molecule has 1 aromatic rings. The van der Waals surface area contributed by atoms with Gasteiger partial charge in [-0.2, -0.15) is 5.26 Å². The molecule has 2 rings (SSSR count). The minimum atomic E-state index is -0.227. The molecule has 1 unspecified atom stereocenters. The molecule has 5 nitrogen and oxygen atoms in total. The molecule has 1 amide bonds. The van der Waals surface area contributed by atoms with E-state index in [-0.39, 0.29) is 17.5 Å². The van der Waals surface area contributed by atoms with Gasteiger partial charge in [0.25, 0.3) is 5.91 Å². The van der Waals surface area contributed by atoms with Gasteiger partial charge in [0, 0.05) is 18.5 Å². The molecule has 0 saturated carbocycles. The van der Waals surface area contributed by atoms with E-state index in [4.69, 9.17) is 4.74 Å². The largest absolute Gasteiger partial charge is 0.497 e. The van der Waals surface area contributed by atoms with Crippen molar-refractivity contribution in [1.29, 1.82) is 5.26 Å². The summed E-state index contributed by atoms with van der Waals surface area (Å²) in [5, 5.41) is 11.1. The number of hydrogen-bond acceptors (Lipinski definition) is 5. The SMILES string of the molecule is C=N/C=C\SC/C=C(\C#N)C(=O)N1CCc2ccc(OC)cc2C1C. The van der Waals surface area contributed by atoms with E-state index in [2.05, 4.69) is 11.7 Å². The molecule has 0 bridgehead atoms. The standard InChI is InChI=1S/C19H21N3O2S/c1-14-18-12-17(24-3)5-4-15(18)6-9-22(14)19(23)16(13-20)7-10-25-11-8-21-2/h4-5,7-8,11-12,14H,2,6,9-10H2,1,3H3/b11-8-,16-7+. The van der Waals surface area contributed by atoms with Crippen LogP contribution in [0.15, 0.2) is 46.4 Å². The molecule has 1 aromatic carbocycles. The van der Waals surface area contributed by atoms with Crippen LogP contribution in [-0.2, 0) is 11.2 Å². The Labute approximate surface area is 152 Å². The maximum Gasteiger partial charge on any atom is 0.264 e. The van der Waals surface area contributed by atoms with Crippen molar-refractivity contribution < 1.29 is 9.53 Å². The zero-order valence-electron chi connectivity index (χ0n) is 14.4.